The second kappa shape index (κ2) is 7.96. The molecular weight excluding hydrogens is 435 g/mol. The van der Waals surface area contributed by atoms with Gasteiger partial charge in [-0.05, 0) is 46.1 Å². The lowest BCUT2D eigenvalue weighted by atomic mass is 9.91. The first kappa shape index (κ1) is 22.9. The highest BCUT2D eigenvalue weighted by Crippen LogP contribution is 2.34. The van der Waals surface area contributed by atoms with Crippen LogP contribution in [-0.4, -0.2) is 57.8 Å². The first-order valence-electron chi connectivity index (χ1n) is 10.3. The maximum atomic E-state index is 13.1. The number of hydrogen-bond donors (Lipinski definition) is 3. The maximum Gasteiger partial charge on any atom is 0.433 e. The summed E-state index contributed by atoms with van der Waals surface area (Å²) in [5.74, 6) is 1.09. The van der Waals surface area contributed by atoms with Crippen molar-refractivity contribution in [3.63, 3.8) is 0 Å². The number of fused-ring (bicyclic) bond motifs is 1. The molecule has 0 unspecified atom stereocenters. The Morgan fingerprint density at radius 2 is 1.85 bits per heavy atom. The van der Waals surface area contributed by atoms with Crippen molar-refractivity contribution in [1.82, 2.24) is 25.1 Å². The molecule has 0 aromatic carbocycles. The van der Waals surface area contributed by atoms with Gasteiger partial charge in [0.1, 0.15) is 17.7 Å². The monoisotopic (exact) mass is 461 g/mol. The molecule has 0 bridgehead atoms. The molecule has 0 spiro atoms. The van der Waals surface area contributed by atoms with E-state index in [0.29, 0.717) is 16.9 Å². The Kier molecular flexibility index (Phi) is 5.53. The van der Waals surface area contributed by atoms with Gasteiger partial charge in [-0.25, -0.2) is 9.97 Å². The van der Waals surface area contributed by atoms with Gasteiger partial charge in [0.25, 0.3) is 0 Å². The molecule has 1 atom stereocenters. The van der Waals surface area contributed by atoms with Crippen molar-refractivity contribution in [3.8, 4) is 0 Å². The Morgan fingerprint density at radius 3 is 2.48 bits per heavy atom. The van der Waals surface area contributed by atoms with E-state index in [1.54, 1.807) is 6.20 Å². The van der Waals surface area contributed by atoms with E-state index < -0.39 is 18.0 Å². The van der Waals surface area contributed by atoms with Crippen LogP contribution in [0.25, 0.3) is 10.8 Å². The zero-order chi connectivity index (χ0) is 24.1. The van der Waals surface area contributed by atoms with Crippen molar-refractivity contribution in [3.05, 3.63) is 41.5 Å². The SMILES string of the molecule is Cc1nnc(N[C@H](N)c2cc(N)cc(C(F)(F)F)n2)c2cc(N3CC(C)(N(C)C)C3)ncc12. The number of anilines is 3. The van der Waals surface area contributed by atoms with Gasteiger partial charge < -0.3 is 26.6 Å². The summed E-state index contributed by atoms with van der Waals surface area (Å²) in [6.45, 7) is 5.61. The second-order valence-corrected chi connectivity index (χ2v) is 8.80. The standard InChI is InChI=1S/C21H26F3N9/c1-11-14-8-27-17(33-9-20(2,10-33)32(3)4)7-13(14)19(31-30-11)29-18(26)15-5-12(25)6-16(28-15)21(22,23)24/h5-8,18H,9-10,26H2,1-4H3,(H2,25,28)(H,29,31)/t18-/m0/s1. The van der Waals surface area contributed by atoms with E-state index in [-0.39, 0.29) is 16.9 Å². The van der Waals surface area contributed by atoms with Crippen molar-refractivity contribution in [2.75, 3.05) is 43.1 Å². The average Bonchev–Trinajstić information content (AvgIpc) is 2.72. The minimum Gasteiger partial charge on any atom is -0.399 e. The lowest BCUT2D eigenvalue weighted by molar-refractivity contribution is -0.141. The van der Waals surface area contributed by atoms with Crippen LogP contribution < -0.4 is 21.7 Å². The van der Waals surface area contributed by atoms with Crippen molar-refractivity contribution in [2.45, 2.75) is 31.7 Å². The molecule has 3 aromatic heterocycles. The minimum absolute atomic E-state index is 0.0571. The number of nitrogens with one attached hydrogen (secondary N) is 1. The lowest BCUT2D eigenvalue weighted by Crippen LogP contribution is -2.67. The van der Waals surface area contributed by atoms with Crippen molar-refractivity contribution in [2.24, 2.45) is 5.73 Å². The molecular formula is C21H26F3N9. The molecule has 4 heterocycles. The Balaban J connectivity index is 1.66. The topological polar surface area (TPSA) is 122 Å². The molecule has 5 N–H and O–H groups in total. The molecule has 0 saturated carbocycles. The van der Waals surface area contributed by atoms with Gasteiger partial charge in [-0.15, -0.1) is 5.10 Å². The number of aromatic nitrogens is 4. The number of pyridine rings is 2. The third-order valence-electron chi connectivity index (χ3n) is 6.07. The molecule has 0 amide bonds. The Hall–Kier alpha value is -3.25. The summed E-state index contributed by atoms with van der Waals surface area (Å²) < 4.78 is 39.4. The normalized spacial score (nSPS) is 16.7. The number of nitrogens with zero attached hydrogens (tertiary/aromatic N) is 6. The van der Waals surface area contributed by atoms with E-state index in [9.17, 15) is 13.2 Å². The van der Waals surface area contributed by atoms with Gasteiger partial charge in [0.2, 0.25) is 0 Å². The van der Waals surface area contributed by atoms with Gasteiger partial charge in [-0.2, -0.15) is 18.3 Å². The number of hydrogen-bond acceptors (Lipinski definition) is 9. The lowest BCUT2D eigenvalue weighted by Gasteiger charge is -2.52. The second-order valence-electron chi connectivity index (χ2n) is 8.80. The molecule has 1 aliphatic rings. The van der Waals surface area contributed by atoms with Crippen LogP contribution in [0.3, 0.4) is 0 Å². The van der Waals surface area contributed by atoms with E-state index >= 15 is 0 Å². The highest BCUT2D eigenvalue weighted by molar-refractivity contribution is 5.94. The zero-order valence-corrected chi connectivity index (χ0v) is 18.8. The number of halogens is 3. The number of alkyl halides is 3. The van der Waals surface area contributed by atoms with Crippen LogP contribution in [0.15, 0.2) is 24.4 Å². The van der Waals surface area contributed by atoms with Crippen LogP contribution >= 0.6 is 0 Å². The minimum atomic E-state index is -4.64. The molecule has 0 aliphatic carbocycles. The van der Waals surface area contributed by atoms with Crippen molar-refractivity contribution in [1.29, 1.82) is 0 Å². The van der Waals surface area contributed by atoms with Crippen LogP contribution in [-0.2, 0) is 6.18 Å². The van der Waals surface area contributed by atoms with Gasteiger partial charge in [0.15, 0.2) is 5.82 Å². The van der Waals surface area contributed by atoms with E-state index in [1.165, 1.54) is 6.07 Å². The highest BCUT2D eigenvalue weighted by atomic mass is 19.4. The van der Waals surface area contributed by atoms with Crippen LogP contribution in [0.4, 0.5) is 30.5 Å². The molecule has 1 saturated heterocycles. The predicted molar refractivity (Wildman–Crippen MR) is 121 cm³/mol. The first-order chi connectivity index (χ1) is 15.4. The molecule has 0 radical (unpaired) electrons. The maximum absolute atomic E-state index is 13.1. The number of nitrogen functional groups attached to an aromatic ring is 1. The number of nitrogens with two attached hydrogens (primary N) is 2. The molecule has 9 nitrogen and oxygen atoms in total. The summed E-state index contributed by atoms with van der Waals surface area (Å²) in [4.78, 5) is 12.5. The summed E-state index contributed by atoms with van der Waals surface area (Å²) in [5, 5.41) is 12.7. The van der Waals surface area contributed by atoms with E-state index in [0.717, 1.165) is 30.4 Å². The van der Waals surface area contributed by atoms with E-state index in [4.69, 9.17) is 11.5 Å². The molecule has 1 fully saturated rings. The summed E-state index contributed by atoms with van der Waals surface area (Å²) in [7, 11) is 4.09. The summed E-state index contributed by atoms with van der Waals surface area (Å²) >= 11 is 0. The van der Waals surface area contributed by atoms with Crippen LogP contribution in [0.2, 0.25) is 0 Å². The third kappa shape index (κ3) is 4.35. The van der Waals surface area contributed by atoms with Gasteiger partial charge >= 0.3 is 6.18 Å². The third-order valence-corrected chi connectivity index (χ3v) is 6.07. The van der Waals surface area contributed by atoms with Crippen molar-refractivity contribution < 1.29 is 13.2 Å². The Morgan fingerprint density at radius 1 is 1.15 bits per heavy atom. The van der Waals surface area contributed by atoms with Crippen LogP contribution in [0.1, 0.15) is 30.2 Å². The van der Waals surface area contributed by atoms with Crippen LogP contribution in [0.5, 0.6) is 0 Å². The van der Waals surface area contributed by atoms with Gasteiger partial charge in [-0.3, -0.25) is 0 Å². The number of rotatable bonds is 5. The number of likely N-dealkylation sites (N-methyl/N-ethyl adjacent to an activating group) is 1. The fraction of sp³-hybridized carbons (Fsp3) is 0.429. The predicted octanol–water partition coefficient (Wildman–Crippen LogP) is 2.54. The molecule has 12 heteroatoms. The summed E-state index contributed by atoms with van der Waals surface area (Å²) in [6.07, 6.45) is -4.01. The highest BCUT2D eigenvalue weighted by Gasteiger charge is 2.41. The smallest absolute Gasteiger partial charge is 0.399 e. The molecule has 3 aromatic rings. The van der Waals surface area contributed by atoms with Gasteiger partial charge in [0.05, 0.1) is 16.9 Å². The Labute approximate surface area is 189 Å². The number of aryl methyl sites for hydroxylation is 1. The first-order valence-corrected chi connectivity index (χ1v) is 10.3. The van der Waals surface area contributed by atoms with E-state index in [2.05, 4.69) is 42.2 Å². The molecule has 176 valence electrons. The average molecular weight is 461 g/mol. The van der Waals surface area contributed by atoms with E-state index in [1.807, 2.05) is 27.1 Å². The zero-order valence-electron chi connectivity index (χ0n) is 18.8. The summed E-state index contributed by atoms with van der Waals surface area (Å²) in [5.41, 5.74) is 11.3. The molecule has 33 heavy (non-hydrogen) atoms. The van der Waals surface area contributed by atoms with Gasteiger partial charge in [-0.1, -0.05) is 0 Å². The van der Waals surface area contributed by atoms with Crippen LogP contribution in [0, 0.1) is 6.92 Å². The summed E-state index contributed by atoms with van der Waals surface area (Å²) in [6, 6.07) is 3.95. The molecule has 1 aliphatic heterocycles. The quantitative estimate of drug-likeness (QED) is 0.492. The molecule has 4 rings (SSSR count). The largest absolute Gasteiger partial charge is 0.433 e. The van der Waals surface area contributed by atoms with Gasteiger partial charge in [0, 0.05) is 35.7 Å². The Bertz CT molecular complexity index is 1190. The van der Waals surface area contributed by atoms with Crippen molar-refractivity contribution >= 4 is 28.1 Å². The fourth-order valence-corrected chi connectivity index (χ4v) is 3.76. The fourth-order valence-electron chi connectivity index (χ4n) is 3.76.